The zero-order valence-electron chi connectivity index (χ0n) is 15.7. The molecule has 0 saturated carbocycles. The van der Waals surface area contributed by atoms with Crippen LogP contribution in [-0.2, 0) is 0 Å². The van der Waals surface area contributed by atoms with Gasteiger partial charge in [-0.15, -0.1) is 0 Å². The predicted molar refractivity (Wildman–Crippen MR) is 106 cm³/mol. The summed E-state index contributed by atoms with van der Waals surface area (Å²) >= 11 is 0. The fraction of sp³-hybridized carbons (Fsp3) is 0.200. The van der Waals surface area contributed by atoms with Gasteiger partial charge in [-0.05, 0) is 31.2 Å². The molecule has 7 heteroatoms. The van der Waals surface area contributed by atoms with Crippen molar-refractivity contribution in [3.63, 3.8) is 0 Å². The van der Waals surface area contributed by atoms with E-state index >= 15 is 0 Å². The molecule has 0 saturated heterocycles. The van der Waals surface area contributed by atoms with Gasteiger partial charge in [-0.3, -0.25) is 0 Å². The molecule has 140 valence electrons. The number of benzene rings is 2. The quantitative estimate of drug-likeness (QED) is 0.645. The predicted octanol–water partition coefficient (Wildman–Crippen LogP) is 4.30. The van der Waals surface area contributed by atoms with E-state index < -0.39 is 0 Å². The Balaban J connectivity index is 1.85. The van der Waals surface area contributed by atoms with E-state index in [1.807, 2.05) is 49.4 Å². The summed E-state index contributed by atoms with van der Waals surface area (Å²) < 4.78 is 15.9. The van der Waals surface area contributed by atoms with Crippen molar-refractivity contribution in [2.24, 2.45) is 0 Å². The minimum absolute atomic E-state index is 0.462. The maximum Gasteiger partial charge on any atom is 0.229 e. The minimum Gasteiger partial charge on any atom is -0.497 e. The van der Waals surface area contributed by atoms with Crippen LogP contribution in [0.3, 0.4) is 0 Å². The van der Waals surface area contributed by atoms with E-state index in [2.05, 4.69) is 20.6 Å². The SMILES string of the molecule is COc1cccc(Nc2cc(C)nc(Nc3ccc(OC)cc3OC)n2)c1. The van der Waals surface area contributed by atoms with Gasteiger partial charge < -0.3 is 24.8 Å². The number of anilines is 4. The van der Waals surface area contributed by atoms with E-state index in [9.17, 15) is 0 Å². The van der Waals surface area contributed by atoms with E-state index in [-0.39, 0.29) is 0 Å². The smallest absolute Gasteiger partial charge is 0.229 e. The molecule has 0 aliphatic rings. The van der Waals surface area contributed by atoms with Crippen molar-refractivity contribution < 1.29 is 14.2 Å². The normalized spacial score (nSPS) is 10.2. The lowest BCUT2D eigenvalue weighted by atomic mass is 10.2. The number of hydrogen-bond acceptors (Lipinski definition) is 7. The average molecular weight is 366 g/mol. The molecule has 1 aromatic heterocycles. The molecular formula is C20H22N4O3. The van der Waals surface area contributed by atoms with E-state index in [1.54, 1.807) is 27.4 Å². The van der Waals surface area contributed by atoms with Gasteiger partial charge in [-0.1, -0.05) is 6.07 Å². The maximum atomic E-state index is 5.41. The second-order valence-electron chi connectivity index (χ2n) is 5.77. The highest BCUT2D eigenvalue weighted by Crippen LogP contribution is 2.31. The fourth-order valence-electron chi connectivity index (χ4n) is 2.56. The Kier molecular flexibility index (Phi) is 5.61. The Hall–Kier alpha value is -3.48. The lowest BCUT2D eigenvalue weighted by molar-refractivity contribution is 0.395. The van der Waals surface area contributed by atoms with Crippen molar-refractivity contribution in [3.05, 3.63) is 54.2 Å². The van der Waals surface area contributed by atoms with Crippen LogP contribution in [0.1, 0.15) is 5.69 Å². The summed E-state index contributed by atoms with van der Waals surface area (Å²) in [6.45, 7) is 1.91. The van der Waals surface area contributed by atoms with Crippen LogP contribution < -0.4 is 24.8 Å². The van der Waals surface area contributed by atoms with Crippen molar-refractivity contribution in [2.75, 3.05) is 32.0 Å². The first-order chi connectivity index (χ1) is 13.1. The number of aryl methyl sites for hydroxylation is 1. The first kappa shape index (κ1) is 18.3. The Morgan fingerprint density at radius 2 is 1.56 bits per heavy atom. The first-order valence-corrected chi connectivity index (χ1v) is 8.37. The lowest BCUT2D eigenvalue weighted by Gasteiger charge is -2.13. The molecule has 0 unspecified atom stereocenters. The molecule has 0 fully saturated rings. The molecule has 2 N–H and O–H groups in total. The summed E-state index contributed by atoms with van der Waals surface area (Å²) in [4.78, 5) is 8.99. The van der Waals surface area contributed by atoms with Crippen LogP contribution in [0.2, 0.25) is 0 Å². The standard InChI is InChI=1S/C20H22N4O3/c1-13-10-19(22-14-6-5-7-15(11-14)25-2)24-20(21-13)23-17-9-8-16(26-3)12-18(17)27-4/h5-12H,1-4H3,(H2,21,22,23,24). The van der Waals surface area contributed by atoms with Gasteiger partial charge in [0.1, 0.15) is 23.1 Å². The molecule has 2 aromatic carbocycles. The molecule has 0 radical (unpaired) electrons. The van der Waals surface area contributed by atoms with Crippen LogP contribution in [0, 0.1) is 6.92 Å². The van der Waals surface area contributed by atoms with Crippen molar-refractivity contribution in [1.82, 2.24) is 9.97 Å². The first-order valence-electron chi connectivity index (χ1n) is 8.37. The molecule has 3 rings (SSSR count). The number of rotatable bonds is 7. The summed E-state index contributed by atoms with van der Waals surface area (Å²) in [5.41, 5.74) is 2.45. The topological polar surface area (TPSA) is 77.5 Å². The van der Waals surface area contributed by atoms with Crippen LogP contribution in [0.25, 0.3) is 0 Å². The van der Waals surface area contributed by atoms with E-state index in [0.29, 0.717) is 23.3 Å². The van der Waals surface area contributed by atoms with Crippen LogP contribution in [0.4, 0.5) is 23.1 Å². The summed E-state index contributed by atoms with van der Waals surface area (Å²) in [5, 5.41) is 6.47. The van der Waals surface area contributed by atoms with E-state index in [0.717, 1.165) is 22.8 Å². The molecular weight excluding hydrogens is 344 g/mol. The maximum absolute atomic E-state index is 5.41. The molecule has 0 spiro atoms. The number of nitrogens with zero attached hydrogens (tertiary/aromatic N) is 2. The summed E-state index contributed by atoms with van der Waals surface area (Å²) in [6.07, 6.45) is 0. The number of ether oxygens (including phenoxy) is 3. The molecule has 0 aliphatic heterocycles. The molecule has 0 amide bonds. The molecule has 27 heavy (non-hydrogen) atoms. The molecule has 7 nitrogen and oxygen atoms in total. The molecule has 0 bridgehead atoms. The Morgan fingerprint density at radius 1 is 0.778 bits per heavy atom. The molecule has 0 aliphatic carbocycles. The highest BCUT2D eigenvalue weighted by molar-refractivity contribution is 5.66. The van der Waals surface area contributed by atoms with Crippen LogP contribution in [0.15, 0.2) is 48.5 Å². The second kappa shape index (κ2) is 8.27. The zero-order chi connectivity index (χ0) is 19.2. The van der Waals surface area contributed by atoms with Crippen LogP contribution in [0.5, 0.6) is 17.2 Å². The van der Waals surface area contributed by atoms with E-state index in [1.165, 1.54) is 0 Å². The Labute approximate surface area is 158 Å². The zero-order valence-corrected chi connectivity index (χ0v) is 15.7. The number of methoxy groups -OCH3 is 3. The molecule has 1 heterocycles. The van der Waals surface area contributed by atoms with Crippen molar-refractivity contribution in [1.29, 1.82) is 0 Å². The van der Waals surface area contributed by atoms with Gasteiger partial charge in [0.05, 0.1) is 27.0 Å². The average Bonchev–Trinajstić information content (AvgIpc) is 2.68. The van der Waals surface area contributed by atoms with Crippen molar-refractivity contribution in [3.8, 4) is 17.2 Å². The summed E-state index contributed by atoms with van der Waals surface area (Å²) in [6, 6.07) is 15.0. The number of hydrogen-bond donors (Lipinski definition) is 2. The van der Waals surface area contributed by atoms with Gasteiger partial charge in [-0.25, -0.2) is 4.98 Å². The second-order valence-corrected chi connectivity index (χ2v) is 5.77. The third-order valence-corrected chi connectivity index (χ3v) is 3.85. The molecule has 0 atom stereocenters. The summed E-state index contributed by atoms with van der Waals surface area (Å²) in [7, 11) is 4.85. The largest absolute Gasteiger partial charge is 0.497 e. The van der Waals surface area contributed by atoms with Gasteiger partial charge >= 0.3 is 0 Å². The lowest BCUT2D eigenvalue weighted by Crippen LogP contribution is -2.03. The Bertz CT molecular complexity index is 931. The number of nitrogens with one attached hydrogen (secondary N) is 2. The highest BCUT2D eigenvalue weighted by atomic mass is 16.5. The van der Waals surface area contributed by atoms with Gasteiger partial charge in [0.2, 0.25) is 5.95 Å². The van der Waals surface area contributed by atoms with Crippen LogP contribution in [-0.4, -0.2) is 31.3 Å². The van der Waals surface area contributed by atoms with Gasteiger partial charge in [0.25, 0.3) is 0 Å². The van der Waals surface area contributed by atoms with Gasteiger partial charge in [0.15, 0.2) is 0 Å². The van der Waals surface area contributed by atoms with Gasteiger partial charge in [0, 0.05) is 29.6 Å². The van der Waals surface area contributed by atoms with Crippen LogP contribution >= 0.6 is 0 Å². The monoisotopic (exact) mass is 366 g/mol. The van der Waals surface area contributed by atoms with E-state index in [4.69, 9.17) is 14.2 Å². The third kappa shape index (κ3) is 4.58. The third-order valence-electron chi connectivity index (χ3n) is 3.85. The Morgan fingerprint density at radius 3 is 2.30 bits per heavy atom. The van der Waals surface area contributed by atoms with Crippen molar-refractivity contribution >= 4 is 23.1 Å². The number of aromatic nitrogens is 2. The van der Waals surface area contributed by atoms with Gasteiger partial charge in [-0.2, -0.15) is 4.98 Å². The van der Waals surface area contributed by atoms with Crippen molar-refractivity contribution in [2.45, 2.75) is 6.92 Å². The minimum atomic E-state index is 0.462. The molecule has 3 aromatic rings. The summed E-state index contributed by atoms with van der Waals surface area (Å²) in [5.74, 6) is 3.26. The highest BCUT2D eigenvalue weighted by Gasteiger charge is 2.09. The fourth-order valence-corrected chi connectivity index (χ4v) is 2.56.